The Morgan fingerprint density at radius 1 is 0.875 bits per heavy atom. The Balaban J connectivity index is 1.33. The highest BCUT2D eigenvalue weighted by atomic mass is 16.5. The lowest BCUT2D eigenvalue weighted by molar-refractivity contribution is -0.146. The Labute approximate surface area is 233 Å². The molecule has 6 nitrogen and oxygen atoms in total. The minimum absolute atomic E-state index is 0.125. The molecule has 0 spiro atoms. The van der Waals surface area contributed by atoms with E-state index in [2.05, 4.69) is 29.4 Å². The van der Waals surface area contributed by atoms with Gasteiger partial charge in [0.05, 0.1) is 17.7 Å². The van der Waals surface area contributed by atoms with E-state index < -0.39 is 5.41 Å². The smallest absolute Gasteiger partial charge is 0.316 e. The first kappa shape index (κ1) is 25.4. The quantitative estimate of drug-likeness (QED) is 0.204. The number of carbonyl (C=O) groups excluding carboxylic acids is 1. The maximum atomic E-state index is 12.5. The monoisotopic (exact) mass is 530 g/mol. The summed E-state index contributed by atoms with van der Waals surface area (Å²) in [4.78, 5) is 14.5. The fraction of sp³-hybridized carbons (Fsp3) is 0.176. The number of aromatic hydroxyl groups is 1. The normalized spacial score (nSPS) is 13.6. The molecule has 1 aliphatic carbocycles. The molecular formula is C34H30N2O4. The van der Waals surface area contributed by atoms with Crippen LogP contribution in [0.25, 0.3) is 22.5 Å². The van der Waals surface area contributed by atoms with Crippen LogP contribution < -0.4 is 4.90 Å². The van der Waals surface area contributed by atoms with Crippen molar-refractivity contribution >= 4 is 23.0 Å². The van der Waals surface area contributed by atoms with E-state index in [1.165, 1.54) is 0 Å². The Morgan fingerprint density at radius 3 is 2.12 bits per heavy atom. The number of aromatic nitrogens is 1. The second-order valence-electron chi connectivity index (χ2n) is 10.1. The summed E-state index contributed by atoms with van der Waals surface area (Å²) in [6.45, 7) is 4.16. The second-order valence-corrected chi connectivity index (χ2v) is 10.1. The number of esters is 1. The number of benzene rings is 4. The number of hydrogen-bond donors (Lipinski definition) is 1. The van der Waals surface area contributed by atoms with Crippen molar-refractivity contribution in [2.24, 2.45) is 0 Å². The number of ether oxygens (including phenoxy) is 1. The molecule has 40 heavy (non-hydrogen) atoms. The van der Waals surface area contributed by atoms with Gasteiger partial charge in [-0.25, -0.2) is 0 Å². The lowest BCUT2D eigenvalue weighted by Crippen LogP contribution is -2.23. The Morgan fingerprint density at radius 2 is 1.50 bits per heavy atom. The van der Waals surface area contributed by atoms with Crippen LogP contribution in [0, 0.1) is 6.92 Å². The zero-order valence-electron chi connectivity index (χ0n) is 22.5. The van der Waals surface area contributed by atoms with Crippen LogP contribution in [0.5, 0.6) is 5.75 Å². The van der Waals surface area contributed by atoms with Gasteiger partial charge in [0.1, 0.15) is 17.1 Å². The van der Waals surface area contributed by atoms with Crippen LogP contribution in [0.15, 0.2) is 108 Å². The number of carbonyl (C=O) groups is 1. The van der Waals surface area contributed by atoms with Crippen LogP contribution in [0.3, 0.4) is 0 Å². The van der Waals surface area contributed by atoms with Crippen LogP contribution in [-0.2, 0) is 14.9 Å². The molecule has 1 saturated carbocycles. The molecule has 4 aromatic carbocycles. The van der Waals surface area contributed by atoms with Gasteiger partial charge in [-0.15, -0.1) is 0 Å². The van der Waals surface area contributed by atoms with E-state index in [1.807, 2.05) is 85.5 Å². The Hall–Kier alpha value is -4.84. The summed E-state index contributed by atoms with van der Waals surface area (Å²) >= 11 is 0. The summed E-state index contributed by atoms with van der Waals surface area (Å²) in [5.74, 6) is 0.691. The first-order chi connectivity index (χ1) is 19.5. The summed E-state index contributed by atoms with van der Waals surface area (Å²) in [7, 11) is 0. The SMILES string of the molecule is CCOC(=O)C1(c2ccc(-c3ccc(-c4onc(C)c4N(c4ccccc4)c4cccc(O)c4)cc3)cc2)CC1. The third kappa shape index (κ3) is 4.62. The van der Waals surface area contributed by atoms with Crippen LogP contribution in [0.2, 0.25) is 0 Å². The molecule has 0 bridgehead atoms. The fourth-order valence-electron chi connectivity index (χ4n) is 5.23. The zero-order valence-corrected chi connectivity index (χ0v) is 22.5. The summed E-state index contributed by atoms with van der Waals surface area (Å²) in [5, 5.41) is 14.5. The molecule has 1 N–H and O–H groups in total. The van der Waals surface area contributed by atoms with Gasteiger partial charge in [0.25, 0.3) is 0 Å². The molecule has 0 saturated heterocycles. The summed E-state index contributed by atoms with van der Waals surface area (Å²) in [6.07, 6.45) is 1.67. The maximum absolute atomic E-state index is 12.5. The molecule has 0 atom stereocenters. The van der Waals surface area contributed by atoms with E-state index in [0.29, 0.717) is 12.4 Å². The predicted octanol–water partition coefficient (Wildman–Crippen LogP) is 8.09. The van der Waals surface area contributed by atoms with E-state index >= 15 is 0 Å². The predicted molar refractivity (Wildman–Crippen MR) is 156 cm³/mol. The molecule has 200 valence electrons. The number of hydrogen-bond acceptors (Lipinski definition) is 6. The van der Waals surface area contributed by atoms with Gasteiger partial charge in [-0.2, -0.15) is 0 Å². The number of nitrogens with zero attached hydrogens (tertiary/aromatic N) is 2. The number of rotatable bonds is 8. The van der Waals surface area contributed by atoms with Crippen molar-refractivity contribution in [3.63, 3.8) is 0 Å². The lowest BCUT2D eigenvalue weighted by atomic mass is 9.93. The van der Waals surface area contributed by atoms with Crippen molar-refractivity contribution in [1.82, 2.24) is 5.16 Å². The van der Waals surface area contributed by atoms with Gasteiger partial charge in [0.15, 0.2) is 5.76 Å². The average molecular weight is 531 g/mol. The number of phenols is 1. The lowest BCUT2D eigenvalue weighted by Gasteiger charge is -2.25. The van der Waals surface area contributed by atoms with Crippen molar-refractivity contribution in [3.8, 4) is 28.2 Å². The molecule has 0 radical (unpaired) electrons. The highest BCUT2D eigenvalue weighted by Gasteiger charge is 2.52. The number of anilines is 3. The molecule has 1 fully saturated rings. The maximum Gasteiger partial charge on any atom is 0.316 e. The molecule has 0 amide bonds. The first-order valence-corrected chi connectivity index (χ1v) is 13.5. The van der Waals surface area contributed by atoms with Crippen molar-refractivity contribution < 1.29 is 19.2 Å². The van der Waals surface area contributed by atoms with Gasteiger partial charge in [0.2, 0.25) is 0 Å². The first-order valence-electron chi connectivity index (χ1n) is 13.5. The largest absolute Gasteiger partial charge is 0.508 e. The number of phenolic OH excluding ortho intramolecular Hbond substituents is 1. The second kappa shape index (κ2) is 10.4. The summed E-state index contributed by atoms with van der Waals surface area (Å²) in [6, 6.07) is 33.5. The van der Waals surface area contributed by atoms with Crippen molar-refractivity contribution in [3.05, 3.63) is 114 Å². The van der Waals surface area contributed by atoms with Crippen molar-refractivity contribution in [1.29, 1.82) is 0 Å². The van der Waals surface area contributed by atoms with Gasteiger partial charge < -0.3 is 19.3 Å². The minimum atomic E-state index is -0.473. The average Bonchev–Trinajstić information content (AvgIpc) is 3.72. The third-order valence-electron chi connectivity index (χ3n) is 7.49. The Bertz CT molecular complexity index is 1640. The van der Waals surface area contributed by atoms with E-state index in [4.69, 9.17) is 9.26 Å². The molecule has 0 aliphatic heterocycles. The van der Waals surface area contributed by atoms with Gasteiger partial charge in [0, 0.05) is 17.3 Å². The van der Waals surface area contributed by atoms with Crippen molar-refractivity contribution in [2.45, 2.75) is 32.1 Å². The summed E-state index contributed by atoms with van der Waals surface area (Å²) in [5.41, 5.74) is 6.81. The third-order valence-corrected chi connectivity index (χ3v) is 7.49. The standard InChI is InChI=1S/C34H30N2O4/c1-3-39-33(38)34(20-21-34)27-18-16-25(17-19-27)24-12-14-26(15-13-24)32-31(23(2)35-40-32)36(28-8-5-4-6-9-28)29-10-7-11-30(37)22-29/h4-19,22,37H,3,20-21H2,1-2H3. The molecule has 6 rings (SSSR count). The zero-order chi connectivity index (χ0) is 27.7. The van der Waals surface area contributed by atoms with E-state index in [-0.39, 0.29) is 11.7 Å². The topological polar surface area (TPSA) is 75.8 Å². The van der Waals surface area contributed by atoms with E-state index in [9.17, 15) is 9.90 Å². The van der Waals surface area contributed by atoms with Crippen LogP contribution in [0.1, 0.15) is 31.0 Å². The minimum Gasteiger partial charge on any atom is -0.508 e. The Kier molecular flexibility index (Phi) is 6.60. The van der Waals surface area contributed by atoms with Gasteiger partial charge >= 0.3 is 5.97 Å². The number of aryl methyl sites for hydroxylation is 1. The van der Waals surface area contributed by atoms with E-state index in [0.717, 1.165) is 57.9 Å². The molecular weight excluding hydrogens is 500 g/mol. The molecule has 1 aliphatic rings. The number of para-hydroxylation sites is 1. The van der Waals surface area contributed by atoms with Crippen molar-refractivity contribution in [2.75, 3.05) is 11.5 Å². The van der Waals surface area contributed by atoms with E-state index in [1.54, 1.807) is 12.1 Å². The molecule has 0 unspecified atom stereocenters. The highest BCUT2D eigenvalue weighted by molar-refractivity contribution is 5.88. The fourth-order valence-corrected chi connectivity index (χ4v) is 5.23. The van der Waals surface area contributed by atoms with Gasteiger partial charge in [-0.1, -0.05) is 78.0 Å². The molecule has 1 heterocycles. The van der Waals surface area contributed by atoms with Gasteiger partial charge in [-0.05, 0) is 67.6 Å². The molecule has 5 aromatic rings. The van der Waals surface area contributed by atoms with Crippen LogP contribution >= 0.6 is 0 Å². The van der Waals surface area contributed by atoms with Crippen LogP contribution in [-0.4, -0.2) is 22.8 Å². The summed E-state index contributed by atoms with van der Waals surface area (Å²) < 4.78 is 11.2. The molecule has 6 heteroatoms. The van der Waals surface area contributed by atoms with Gasteiger partial charge in [-0.3, -0.25) is 4.79 Å². The van der Waals surface area contributed by atoms with Crippen LogP contribution in [0.4, 0.5) is 17.1 Å². The molecule has 1 aromatic heterocycles. The highest BCUT2D eigenvalue weighted by Crippen LogP contribution is 2.49.